The normalized spacial score (nSPS) is 11.1. The quantitative estimate of drug-likeness (QED) is 0.615. The molecule has 0 fully saturated rings. The van der Waals surface area contributed by atoms with E-state index in [0.29, 0.717) is 11.8 Å². The van der Waals surface area contributed by atoms with Crippen molar-refractivity contribution in [3.8, 4) is 0 Å². The lowest BCUT2D eigenvalue weighted by Crippen LogP contribution is -2.21. The molecule has 0 atom stereocenters. The number of carbonyl (C=O) groups is 1. The Morgan fingerprint density at radius 2 is 1.84 bits per heavy atom. The van der Waals surface area contributed by atoms with E-state index in [4.69, 9.17) is 4.74 Å². The molecule has 0 aromatic heterocycles. The standard InChI is InChI=1S/C15H23NO2S/c1-11(2)16-9-13-5-7-14(8-6-13)19-10-15(17)18-12(3)4/h5-8,11-12,16H,9-10H2,1-4H3. The first kappa shape index (κ1) is 16.1. The molecule has 0 unspecified atom stereocenters. The van der Waals surface area contributed by atoms with Gasteiger partial charge in [0.05, 0.1) is 11.9 Å². The van der Waals surface area contributed by atoms with Crippen LogP contribution in [0.5, 0.6) is 0 Å². The minimum absolute atomic E-state index is 0.0439. The Balaban J connectivity index is 2.37. The van der Waals surface area contributed by atoms with Crippen molar-refractivity contribution in [2.45, 2.75) is 51.3 Å². The zero-order valence-corrected chi connectivity index (χ0v) is 12.9. The van der Waals surface area contributed by atoms with Gasteiger partial charge in [0.25, 0.3) is 0 Å². The van der Waals surface area contributed by atoms with E-state index >= 15 is 0 Å². The number of benzene rings is 1. The Morgan fingerprint density at radius 1 is 1.21 bits per heavy atom. The van der Waals surface area contributed by atoms with Crippen molar-refractivity contribution in [3.05, 3.63) is 29.8 Å². The van der Waals surface area contributed by atoms with Crippen molar-refractivity contribution < 1.29 is 9.53 Å². The molecule has 0 bridgehead atoms. The summed E-state index contributed by atoms with van der Waals surface area (Å²) < 4.78 is 5.09. The maximum absolute atomic E-state index is 11.4. The van der Waals surface area contributed by atoms with Crippen LogP contribution in [0.25, 0.3) is 0 Å². The predicted molar refractivity (Wildman–Crippen MR) is 80.4 cm³/mol. The van der Waals surface area contributed by atoms with Crippen LogP contribution in [0, 0.1) is 0 Å². The highest BCUT2D eigenvalue weighted by Gasteiger charge is 2.06. The Bertz CT molecular complexity index is 388. The van der Waals surface area contributed by atoms with Gasteiger partial charge in [-0.25, -0.2) is 0 Å². The fourth-order valence-electron chi connectivity index (χ4n) is 1.46. The zero-order valence-electron chi connectivity index (χ0n) is 12.1. The van der Waals surface area contributed by atoms with Gasteiger partial charge in [-0.3, -0.25) is 4.79 Å². The lowest BCUT2D eigenvalue weighted by Gasteiger charge is -2.09. The fourth-order valence-corrected chi connectivity index (χ4v) is 2.15. The second kappa shape index (κ2) is 8.23. The van der Waals surface area contributed by atoms with Gasteiger partial charge in [-0.05, 0) is 31.5 Å². The molecule has 0 saturated heterocycles. The number of carbonyl (C=O) groups excluding carboxylic acids is 1. The van der Waals surface area contributed by atoms with Crippen molar-refractivity contribution in [1.82, 2.24) is 5.32 Å². The number of rotatable bonds is 7. The van der Waals surface area contributed by atoms with Crippen molar-refractivity contribution >= 4 is 17.7 Å². The minimum Gasteiger partial charge on any atom is -0.462 e. The summed E-state index contributed by atoms with van der Waals surface area (Å²) in [5.41, 5.74) is 1.25. The number of ether oxygens (including phenoxy) is 1. The molecule has 0 amide bonds. The monoisotopic (exact) mass is 281 g/mol. The van der Waals surface area contributed by atoms with Crippen LogP contribution in [0.15, 0.2) is 29.2 Å². The molecule has 0 spiro atoms. The fraction of sp³-hybridized carbons (Fsp3) is 0.533. The summed E-state index contributed by atoms with van der Waals surface area (Å²) in [7, 11) is 0. The number of hydrogen-bond donors (Lipinski definition) is 1. The van der Waals surface area contributed by atoms with E-state index in [0.717, 1.165) is 11.4 Å². The molecule has 3 nitrogen and oxygen atoms in total. The third kappa shape index (κ3) is 7.23. The van der Waals surface area contributed by atoms with Crippen LogP contribution in [-0.2, 0) is 16.1 Å². The van der Waals surface area contributed by atoms with Gasteiger partial charge in [-0.2, -0.15) is 0 Å². The van der Waals surface area contributed by atoms with Crippen LogP contribution < -0.4 is 5.32 Å². The first-order valence-electron chi connectivity index (χ1n) is 6.62. The van der Waals surface area contributed by atoms with Crippen molar-refractivity contribution in [2.75, 3.05) is 5.75 Å². The van der Waals surface area contributed by atoms with E-state index < -0.39 is 0 Å². The van der Waals surface area contributed by atoms with Gasteiger partial charge in [0, 0.05) is 17.5 Å². The number of hydrogen-bond acceptors (Lipinski definition) is 4. The number of nitrogens with one attached hydrogen (secondary N) is 1. The first-order valence-corrected chi connectivity index (χ1v) is 7.60. The van der Waals surface area contributed by atoms with Gasteiger partial charge in [0.15, 0.2) is 0 Å². The summed E-state index contributed by atoms with van der Waals surface area (Å²) in [6.45, 7) is 8.85. The smallest absolute Gasteiger partial charge is 0.316 e. The predicted octanol–water partition coefficient (Wildman–Crippen LogP) is 3.23. The Kier molecular flexibility index (Phi) is 6.95. The number of esters is 1. The molecule has 1 aromatic carbocycles. The van der Waals surface area contributed by atoms with Gasteiger partial charge >= 0.3 is 5.97 Å². The lowest BCUT2D eigenvalue weighted by atomic mass is 10.2. The van der Waals surface area contributed by atoms with Gasteiger partial charge in [0.1, 0.15) is 0 Å². The lowest BCUT2D eigenvalue weighted by molar-refractivity contribution is -0.144. The van der Waals surface area contributed by atoms with Crippen molar-refractivity contribution in [2.24, 2.45) is 0 Å². The summed E-state index contributed by atoms with van der Waals surface area (Å²) >= 11 is 1.51. The van der Waals surface area contributed by atoms with Gasteiger partial charge in [-0.15, -0.1) is 11.8 Å². The van der Waals surface area contributed by atoms with Crippen molar-refractivity contribution in [3.63, 3.8) is 0 Å². The summed E-state index contributed by atoms with van der Waals surface area (Å²) in [6, 6.07) is 8.76. The van der Waals surface area contributed by atoms with Crippen LogP contribution in [0.1, 0.15) is 33.3 Å². The van der Waals surface area contributed by atoms with E-state index in [1.165, 1.54) is 17.3 Å². The molecule has 106 valence electrons. The van der Waals surface area contributed by atoms with Gasteiger partial charge in [-0.1, -0.05) is 26.0 Å². The number of thioether (sulfide) groups is 1. The molecule has 0 saturated carbocycles. The molecule has 0 aliphatic carbocycles. The molecule has 0 aliphatic heterocycles. The Labute approximate surface area is 120 Å². The summed E-state index contributed by atoms with van der Waals surface area (Å²) in [6.07, 6.45) is -0.0439. The SMILES string of the molecule is CC(C)NCc1ccc(SCC(=O)OC(C)C)cc1. The van der Waals surface area contributed by atoms with E-state index in [1.807, 2.05) is 26.0 Å². The zero-order chi connectivity index (χ0) is 14.3. The van der Waals surface area contributed by atoms with Crippen LogP contribution >= 0.6 is 11.8 Å². The molecule has 0 heterocycles. The average molecular weight is 281 g/mol. The first-order chi connectivity index (χ1) is 8.97. The van der Waals surface area contributed by atoms with Crippen LogP contribution in [0.3, 0.4) is 0 Å². The highest BCUT2D eigenvalue weighted by atomic mass is 32.2. The van der Waals surface area contributed by atoms with Crippen LogP contribution in [-0.4, -0.2) is 23.9 Å². The second-order valence-electron chi connectivity index (χ2n) is 5.01. The largest absolute Gasteiger partial charge is 0.462 e. The van der Waals surface area contributed by atoms with E-state index in [1.54, 1.807) is 0 Å². The molecule has 1 rings (SSSR count). The Morgan fingerprint density at radius 3 is 2.37 bits per heavy atom. The van der Waals surface area contributed by atoms with Crippen LogP contribution in [0.2, 0.25) is 0 Å². The van der Waals surface area contributed by atoms with E-state index in [-0.39, 0.29) is 12.1 Å². The summed E-state index contributed by atoms with van der Waals surface area (Å²) in [5, 5.41) is 3.37. The highest BCUT2D eigenvalue weighted by molar-refractivity contribution is 8.00. The topological polar surface area (TPSA) is 38.3 Å². The van der Waals surface area contributed by atoms with Gasteiger partial charge < -0.3 is 10.1 Å². The maximum Gasteiger partial charge on any atom is 0.316 e. The molecule has 0 radical (unpaired) electrons. The Hall–Kier alpha value is -1.00. The van der Waals surface area contributed by atoms with Crippen LogP contribution in [0.4, 0.5) is 0 Å². The summed E-state index contributed by atoms with van der Waals surface area (Å²) in [4.78, 5) is 12.5. The molecular formula is C15H23NO2S. The van der Waals surface area contributed by atoms with Gasteiger partial charge in [0.2, 0.25) is 0 Å². The van der Waals surface area contributed by atoms with Crippen molar-refractivity contribution in [1.29, 1.82) is 0 Å². The maximum atomic E-state index is 11.4. The molecule has 1 aromatic rings. The molecule has 1 N–H and O–H groups in total. The molecule has 4 heteroatoms. The third-order valence-electron chi connectivity index (χ3n) is 2.36. The molecule has 19 heavy (non-hydrogen) atoms. The third-order valence-corrected chi connectivity index (χ3v) is 3.35. The molecule has 0 aliphatic rings. The van der Waals surface area contributed by atoms with E-state index in [9.17, 15) is 4.79 Å². The molecular weight excluding hydrogens is 258 g/mol. The minimum atomic E-state index is -0.162. The summed E-state index contributed by atoms with van der Waals surface area (Å²) in [5.74, 6) is 0.201. The van der Waals surface area contributed by atoms with E-state index in [2.05, 4.69) is 31.3 Å². The average Bonchev–Trinajstić information content (AvgIpc) is 2.34. The highest BCUT2D eigenvalue weighted by Crippen LogP contribution is 2.18. The second-order valence-corrected chi connectivity index (χ2v) is 6.06.